The summed E-state index contributed by atoms with van der Waals surface area (Å²) in [6, 6.07) is 0. The molecule has 1 aliphatic rings. The second-order valence-electron chi connectivity index (χ2n) is 4.90. The second-order valence-corrected chi connectivity index (χ2v) is 4.90. The lowest BCUT2D eigenvalue weighted by atomic mass is 9.79. The van der Waals surface area contributed by atoms with Crippen LogP contribution in [0.1, 0.15) is 46.5 Å². The lowest BCUT2D eigenvalue weighted by Crippen LogP contribution is -2.23. The monoisotopic (exact) mass is 155 g/mol. The van der Waals surface area contributed by atoms with Crippen LogP contribution in [0.3, 0.4) is 0 Å². The first-order valence-electron chi connectivity index (χ1n) is 4.74. The van der Waals surface area contributed by atoms with E-state index in [0.717, 1.165) is 6.54 Å². The van der Waals surface area contributed by atoms with Crippen molar-refractivity contribution in [2.75, 3.05) is 6.54 Å². The Morgan fingerprint density at radius 1 is 1.36 bits per heavy atom. The molecule has 0 unspecified atom stereocenters. The highest BCUT2D eigenvalue weighted by molar-refractivity contribution is 4.96. The van der Waals surface area contributed by atoms with Crippen LogP contribution in [0.25, 0.3) is 0 Å². The molecule has 0 aromatic carbocycles. The van der Waals surface area contributed by atoms with Crippen molar-refractivity contribution in [2.24, 2.45) is 16.6 Å². The van der Waals surface area contributed by atoms with Crippen molar-refractivity contribution in [3.8, 4) is 0 Å². The molecule has 1 saturated carbocycles. The lowest BCUT2D eigenvalue weighted by molar-refractivity contribution is 0.246. The van der Waals surface area contributed by atoms with E-state index in [9.17, 15) is 0 Å². The minimum atomic E-state index is 0.510. The highest BCUT2D eigenvalue weighted by atomic mass is 14.7. The third kappa shape index (κ3) is 2.19. The van der Waals surface area contributed by atoms with Gasteiger partial charge in [0.15, 0.2) is 0 Å². The van der Waals surface area contributed by atoms with Crippen LogP contribution in [0, 0.1) is 10.8 Å². The van der Waals surface area contributed by atoms with Gasteiger partial charge in [0.2, 0.25) is 0 Å². The van der Waals surface area contributed by atoms with Crippen molar-refractivity contribution in [1.29, 1.82) is 0 Å². The molecule has 66 valence electrons. The van der Waals surface area contributed by atoms with E-state index < -0.39 is 0 Å². The van der Waals surface area contributed by atoms with Gasteiger partial charge in [-0.3, -0.25) is 0 Å². The molecule has 0 aromatic heterocycles. The first kappa shape index (κ1) is 9.05. The molecule has 0 aliphatic heterocycles. The van der Waals surface area contributed by atoms with Crippen LogP contribution in [0.15, 0.2) is 0 Å². The largest absolute Gasteiger partial charge is 0.330 e. The first-order chi connectivity index (χ1) is 5.04. The zero-order valence-electron chi connectivity index (χ0n) is 8.11. The van der Waals surface area contributed by atoms with E-state index in [4.69, 9.17) is 5.73 Å². The molecule has 1 rings (SSSR count). The van der Waals surface area contributed by atoms with Crippen molar-refractivity contribution in [2.45, 2.75) is 46.5 Å². The maximum Gasteiger partial charge on any atom is -0.00203 e. The van der Waals surface area contributed by atoms with Gasteiger partial charge < -0.3 is 5.73 Å². The van der Waals surface area contributed by atoms with E-state index in [1.165, 1.54) is 25.7 Å². The van der Waals surface area contributed by atoms with Crippen LogP contribution in [0.4, 0.5) is 0 Å². The van der Waals surface area contributed by atoms with Gasteiger partial charge in [0.1, 0.15) is 0 Å². The lowest BCUT2D eigenvalue weighted by Gasteiger charge is -2.27. The number of rotatable bonds is 4. The summed E-state index contributed by atoms with van der Waals surface area (Å²) in [4.78, 5) is 0. The van der Waals surface area contributed by atoms with Gasteiger partial charge in [0.05, 0.1) is 0 Å². The average molecular weight is 155 g/mol. The van der Waals surface area contributed by atoms with Crippen LogP contribution in [0.5, 0.6) is 0 Å². The van der Waals surface area contributed by atoms with Gasteiger partial charge in [-0.25, -0.2) is 0 Å². The van der Waals surface area contributed by atoms with E-state index in [1.807, 2.05) is 0 Å². The molecule has 0 spiro atoms. The standard InChI is InChI=1S/C10H21N/c1-4-9(2,3)7-10(8-11)5-6-10/h4-8,11H2,1-3H3. The van der Waals surface area contributed by atoms with Gasteiger partial charge in [-0.2, -0.15) is 0 Å². The maximum absolute atomic E-state index is 5.73. The molecule has 0 heterocycles. The van der Waals surface area contributed by atoms with Crippen molar-refractivity contribution < 1.29 is 0 Å². The molecule has 2 N–H and O–H groups in total. The van der Waals surface area contributed by atoms with E-state index in [0.29, 0.717) is 10.8 Å². The fraction of sp³-hybridized carbons (Fsp3) is 1.00. The predicted octanol–water partition coefficient (Wildman–Crippen LogP) is 2.55. The molecule has 0 atom stereocenters. The van der Waals surface area contributed by atoms with Crippen LogP contribution in [0.2, 0.25) is 0 Å². The fourth-order valence-electron chi connectivity index (χ4n) is 1.77. The summed E-state index contributed by atoms with van der Waals surface area (Å²) in [5.74, 6) is 0. The Hall–Kier alpha value is -0.0400. The topological polar surface area (TPSA) is 26.0 Å². The Morgan fingerprint density at radius 2 is 1.91 bits per heavy atom. The Balaban J connectivity index is 2.41. The third-order valence-corrected chi connectivity index (χ3v) is 3.20. The zero-order valence-corrected chi connectivity index (χ0v) is 8.11. The minimum Gasteiger partial charge on any atom is -0.330 e. The Morgan fingerprint density at radius 3 is 2.18 bits per heavy atom. The van der Waals surface area contributed by atoms with Gasteiger partial charge in [-0.1, -0.05) is 27.2 Å². The first-order valence-corrected chi connectivity index (χ1v) is 4.74. The quantitative estimate of drug-likeness (QED) is 0.663. The molecule has 1 nitrogen and oxygen atoms in total. The summed E-state index contributed by atoms with van der Waals surface area (Å²) in [5, 5.41) is 0. The highest BCUT2D eigenvalue weighted by Gasteiger charge is 2.44. The van der Waals surface area contributed by atoms with Crippen LogP contribution in [-0.4, -0.2) is 6.54 Å². The van der Waals surface area contributed by atoms with Crippen molar-refractivity contribution in [3.05, 3.63) is 0 Å². The van der Waals surface area contributed by atoms with Crippen LogP contribution in [-0.2, 0) is 0 Å². The molecule has 0 aromatic rings. The fourth-order valence-corrected chi connectivity index (χ4v) is 1.77. The smallest absolute Gasteiger partial charge is 0.00203 e. The second kappa shape index (κ2) is 2.78. The molecular formula is C10H21N. The van der Waals surface area contributed by atoms with Crippen molar-refractivity contribution in [3.63, 3.8) is 0 Å². The van der Waals surface area contributed by atoms with E-state index in [2.05, 4.69) is 20.8 Å². The van der Waals surface area contributed by atoms with E-state index in [1.54, 1.807) is 0 Å². The van der Waals surface area contributed by atoms with Crippen molar-refractivity contribution in [1.82, 2.24) is 0 Å². The number of nitrogens with two attached hydrogens (primary N) is 1. The molecule has 0 radical (unpaired) electrons. The third-order valence-electron chi connectivity index (χ3n) is 3.20. The molecule has 1 fully saturated rings. The summed E-state index contributed by atoms with van der Waals surface area (Å²) in [6.45, 7) is 7.87. The summed E-state index contributed by atoms with van der Waals surface area (Å²) >= 11 is 0. The molecule has 0 amide bonds. The summed E-state index contributed by atoms with van der Waals surface area (Å²) in [6.07, 6.45) is 5.33. The van der Waals surface area contributed by atoms with Gasteiger partial charge >= 0.3 is 0 Å². The molecule has 1 heteroatoms. The van der Waals surface area contributed by atoms with E-state index >= 15 is 0 Å². The number of hydrogen-bond acceptors (Lipinski definition) is 1. The normalized spacial score (nSPS) is 21.8. The maximum atomic E-state index is 5.73. The summed E-state index contributed by atoms with van der Waals surface area (Å²) < 4.78 is 0. The Labute approximate surface area is 70.4 Å². The molecule has 0 saturated heterocycles. The molecular weight excluding hydrogens is 134 g/mol. The predicted molar refractivity (Wildman–Crippen MR) is 49.4 cm³/mol. The van der Waals surface area contributed by atoms with Gasteiger partial charge in [0, 0.05) is 0 Å². The van der Waals surface area contributed by atoms with Crippen LogP contribution >= 0.6 is 0 Å². The average Bonchev–Trinajstić information content (AvgIpc) is 2.69. The Bertz CT molecular complexity index is 130. The molecule has 1 aliphatic carbocycles. The van der Waals surface area contributed by atoms with Gasteiger partial charge in [-0.05, 0) is 36.6 Å². The summed E-state index contributed by atoms with van der Waals surface area (Å²) in [5.41, 5.74) is 6.80. The van der Waals surface area contributed by atoms with Gasteiger partial charge in [-0.15, -0.1) is 0 Å². The number of hydrogen-bond donors (Lipinski definition) is 1. The van der Waals surface area contributed by atoms with Crippen molar-refractivity contribution >= 4 is 0 Å². The van der Waals surface area contributed by atoms with Crippen LogP contribution < -0.4 is 5.73 Å². The van der Waals surface area contributed by atoms with E-state index in [-0.39, 0.29) is 0 Å². The molecule has 0 bridgehead atoms. The van der Waals surface area contributed by atoms with Gasteiger partial charge in [0.25, 0.3) is 0 Å². The SMILES string of the molecule is CCC(C)(C)CC1(CN)CC1. The minimum absolute atomic E-state index is 0.510. The highest BCUT2D eigenvalue weighted by Crippen LogP contribution is 2.53. The Kier molecular flexibility index (Phi) is 2.29. The summed E-state index contributed by atoms with van der Waals surface area (Å²) in [7, 11) is 0. The zero-order chi connectivity index (χ0) is 8.54. The molecule has 11 heavy (non-hydrogen) atoms.